The number of aliphatic imine (C=N–C) groups is 1. The molecule has 2 aliphatic rings. The molecule has 178 valence electrons. The standard InChI is InChI=1S/C23H28FN5O3.HI/c1-25-23(29-12-10-28(11-13-29)22(30)20-3-2-14-31-20)27-16-17-8-9-26-21(15-17)32-19-6-4-18(24)5-7-19;/h4-9,15,20H,2-3,10-14,16H2,1H3,(H,25,27);1H. The summed E-state index contributed by atoms with van der Waals surface area (Å²) in [7, 11) is 1.75. The number of amides is 1. The van der Waals surface area contributed by atoms with Gasteiger partial charge in [-0.3, -0.25) is 9.79 Å². The highest BCUT2D eigenvalue weighted by Crippen LogP contribution is 2.20. The van der Waals surface area contributed by atoms with E-state index in [-0.39, 0.29) is 41.8 Å². The first kappa shape index (κ1) is 25.2. The van der Waals surface area contributed by atoms with Crippen LogP contribution in [-0.2, 0) is 16.1 Å². The van der Waals surface area contributed by atoms with Gasteiger partial charge in [-0.1, -0.05) is 0 Å². The van der Waals surface area contributed by atoms with Crippen LogP contribution in [0.5, 0.6) is 11.6 Å². The molecule has 8 nitrogen and oxygen atoms in total. The molecule has 1 unspecified atom stereocenters. The second-order valence-corrected chi connectivity index (χ2v) is 7.77. The molecule has 2 aromatic rings. The lowest BCUT2D eigenvalue weighted by Crippen LogP contribution is -2.55. The zero-order valence-electron chi connectivity index (χ0n) is 18.6. The van der Waals surface area contributed by atoms with Gasteiger partial charge < -0.3 is 24.6 Å². The monoisotopic (exact) mass is 569 g/mol. The van der Waals surface area contributed by atoms with E-state index in [0.29, 0.717) is 51.0 Å². The van der Waals surface area contributed by atoms with E-state index in [1.54, 1.807) is 25.4 Å². The summed E-state index contributed by atoms with van der Waals surface area (Å²) in [6.07, 6.45) is 3.19. The predicted octanol–water partition coefficient (Wildman–Crippen LogP) is 3.03. The number of hydrogen-bond donors (Lipinski definition) is 1. The number of aromatic nitrogens is 1. The first-order valence-electron chi connectivity index (χ1n) is 10.9. The van der Waals surface area contributed by atoms with Crippen molar-refractivity contribution in [2.75, 3.05) is 39.8 Å². The molecule has 0 spiro atoms. The summed E-state index contributed by atoms with van der Waals surface area (Å²) in [5.74, 6) is 1.54. The molecule has 0 aliphatic carbocycles. The quantitative estimate of drug-likeness (QED) is 0.339. The van der Waals surface area contributed by atoms with Crippen molar-refractivity contribution in [1.82, 2.24) is 20.1 Å². The topological polar surface area (TPSA) is 79.3 Å². The third-order valence-corrected chi connectivity index (χ3v) is 5.59. The molecule has 0 bridgehead atoms. The van der Waals surface area contributed by atoms with Crippen LogP contribution < -0.4 is 10.1 Å². The third-order valence-electron chi connectivity index (χ3n) is 5.59. The van der Waals surface area contributed by atoms with Crippen LogP contribution in [0.2, 0.25) is 0 Å². The first-order valence-corrected chi connectivity index (χ1v) is 10.9. The Kier molecular flexibility index (Phi) is 9.24. The molecule has 3 heterocycles. The van der Waals surface area contributed by atoms with Crippen LogP contribution in [0.4, 0.5) is 4.39 Å². The van der Waals surface area contributed by atoms with Crippen molar-refractivity contribution in [2.45, 2.75) is 25.5 Å². The summed E-state index contributed by atoms with van der Waals surface area (Å²) in [5, 5.41) is 3.37. The van der Waals surface area contributed by atoms with E-state index in [4.69, 9.17) is 9.47 Å². The zero-order valence-corrected chi connectivity index (χ0v) is 20.9. The second-order valence-electron chi connectivity index (χ2n) is 7.77. The van der Waals surface area contributed by atoms with Crippen LogP contribution in [-0.4, -0.2) is 72.6 Å². The van der Waals surface area contributed by atoms with Gasteiger partial charge in [-0.25, -0.2) is 9.37 Å². The highest BCUT2D eigenvalue weighted by Gasteiger charge is 2.30. The molecule has 1 N–H and O–H groups in total. The van der Waals surface area contributed by atoms with Crippen LogP contribution >= 0.6 is 24.0 Å². The van der Waals surface area contributed by atoms with Crippen molar-refractivity contribution in [3.05, 3.63) is 54.0 Å². The van der Waals surface area contributed by atoms with E-state index < -0.39 is 0 Å². The van der Waals surface area contributed by atoms with Gasteiger partial charge in [0.25, 0.3) is 5.91 Å². The molecule has 2 aliphatic heterocycles. The molecule has 1 amide bonds. The number of guanidine groups is 1. The van der Waals surface area contributed by atoms with E-state index in [1.807, 2.05) is 17.0 Å². The SMILES string of the molecule is CN=C(NCc1ccnc(Oc2ccc(F)cc2)c1)N1CCN(C(=O)C2CCCO2)CC1.I. The summed E-state index contributed by atoms with van der Waals surface area (Å²) in [4.78, 5) is 25.2. The molecule has 0 radical (unpaired) electrons. The Labute approximate surface area is 210 Å². The summed E-state index contributed by atoms with van der Waals surface area (Å²) in [6, 6.07) is 9.55. The second kappa shape index (κ2) is 12.1. The molecule has 4 rings (SSSR count). The van der Waals surface area contributed by atoms with Crippen molar-refractivity contribution < 1.29 is 18.7 Å². The minimum atomic E-state index is -0.313. The molecule has 1 atom stereocenters. The fourth-order valence-corrected chi connectivity index (χ4v) is 3.87. The molecule has 2 fully saturated rings. The van der Waals surface area contributed by atoms with Gasteiger partial charge in [0.05, 0.1) is 0 Å². The van der Waals surface area contributed by atoms with Gasteiger partial charge >= 0.3 is 0 Å². The maximum atomic E-state index is 13.1. The predicted molar refractivity (Wildman–Crippen MR) is 133 cm³/mol. The summed E-state index contributed by atoms with van der Waals surface area (Å²) >= 11 is 0. The van der Waals surface area contributed by atoms with Crippen molar-refractivity contribution in [2.24, 2.45) is 4.99 Å². The molecular weight excluding hydrogens is 540 g/mol. The summed E-state index contributed by atoms with van der Waals surface area (Å²) in [6.45, 7) is 3.97. The fourth-order valence-electron chi connectivity index (χ4n) is 3.87. The van der Waals surface area contributed by atoms with Crippen LogP contribution in [0.15, 0.2) is 47.6 Å². The number of nitrogens with zero attached hydrogens (tertiary/aromatic N) is 4. The molecule has 33 heavy (non-hydrogen) atoms. The van der Waals surface area contributed by atoms with E-state index in [9.17, 15) is 9.18 Å². The maximum absolute atomic E-state index is 13.1. The Balaban J connectivity index is 0.00000306. The van der Waals surface area contributed by atoms with Crippen LogP contribution in [0.1, 0.15) is 18.4 Å². The van der Waals surface area contributed by atoms with E-state index in [2.05, 4.69) is 20.2 Å². The van der Waals surface area contributed by atoms with E-state index in [0.717, 1.165) is 24.4 Å². The van der Waals surface area contributed by atoms with Crippen LogP contribution in [0.3, 0.4) is 0 Å². The minimum absolute atomic E-state index is 0. The van der Waals surface area contributed by atoms with Gasteiger partial charge in [-0.15, -0.1) is 24.0 Å². The Morgan fingerprint density at radius 1 is 1.21 bits per heavy atom. The largest absolute Gasteiger partial charge is 0.439 e. The maximum Gasteiger partial charge on any atom is 0.251 e. The van der Waals surface area contributed by atoms with E-state index in [1.165, 1.54) is 12.1 Å². The first-order chi connectivity index (χ1) is 15.6. The van der Waals surface area contributed by atoms with Gasteiger partial charge in [0.1, 0.15) is 17.7 Å². The number of pyridine rings is 1. The number of benzene rings is 1. The molecule has 1 aromatic heterocycles. The van der Waals surface area contributed by atoms with Crippen molar-refractivity contribution >= 4 is 35.8 Å². The summed E-state index contributed by atoms with van der Waals surface area (Å²) < 4.78 is 24.3. The Bertz CT molecular complexity index is 945. The molecule has 1 aromatic carbocycles. The average Bonchev–Trinajstić information content (AvgIpc) is 3.36. The number of nitrogens with one attached hydrogen (secondary N) is 1. The van der Waals surface area contributed by atoms with Crippen molar-refractivity contribution in [3.63, 3.8) is 0 Å². The summed E-state index contributed by atoms with van der Waals surface area (Å²) in [5.41, 5.74) is 0.977. The van der Waals surface area contributed by atoms with Gasteiger partial charge in [0.2, 0.25) is 5.88 Å². The van der Waals surface area contributed by atoms with Gasteiger partial charge in [0, 0.05) is 58.6 Å². The van der Waals surface area contributed by atoms with Crippen molar-refractivity contribution in [3.8, 4) is 11.6 Å². The molecule has 10 heteroatoms. The Hall–Kier alpha value is -2.47. The lowest BCUT2D eigenvalue weighted by Gasteiger charge is -2.37. The van der Waals surface area contributed by atoms with Crippen molar-refractivity contribution in [1.29, 1.82) is 0 Å². The smallest absolute Gasteiger partial charge is 0.251 e. The number of carbonyl (C=O) groups is 1. The number of rotatable bonds is 5. The number of carbonyl (C=O) groups excluding carboxylic acids is 1. The average molecular weight is 569 g/mol. The van der Waals surface area contributed by atoms with Gasteiger partial charge in [0.15, 0.2) is 5.96 Å². The third kappa shape index (κ3) is 6.76. The van der Waals surface area contributed by atoms with Gasteiger partial charge in [-0.05, 0) is 48.7 Å². The Morgan fingerprint density at radius 2 is 1.94 bits per heavy atom. The van der Waals surface area contributed by atoms with Crippen LogP contribution in [0, 0.1) is 5.82 Å². The highest BCUT2D eigenvalue weighted by molar-refractivity contribution is 14.0. The fraction of sp³-hybridized carbons (Fsp3) is 0.435. The zero-order chi connectivity index (χ0) is 22.3. The normalized spacial score (nSPS) is 18.6. The lowest BCUT2D eigenvalue weighted by molar-refractivity contribution is -0.142. The Morgan fingerprint density at radius 3 is 2.61 bits per heavy atom. The van der Waals surface area contributed by atoms with Crippen LogP contribution in [0.25, 0.3) is 0 Å². The molecular formula is C23H29FIN5O3. The molecule has 2 saturated heterocycles. The lowest BCUT2D eigenvalue weighted by atomic mass is 10.2. The molecule has 0 saturated carbocycles. The number of piperazine rings is 1. The minimum Gasteiger partial charge on any atom is -0.439 e. The number of halogens is 2. The number of hydrogen-bond acceptors (Lipinski definition) is 5. The van der Waals surface area contributed by atoms with Gasteiger partial charge in [-0.2, -0.15) is 0 Å². The van der Waals surface area contributed by atoms with E-state index >= 15 is 0 Å². The number of ether oxygens (including phenoxy) is 2. The highest BCUT2D eigenvalue weighted by atomic mass is 127.